The summed E-state index contributed by atoms with van der Waals surface area (Å²) in [5.41, 5.74) is 0.921. The Morgan fingerprint density at radius 1 is 1.38 bits per heavy atom. The van der Waals surface area contributed by atoms with Crippen LogP contribution < -0.4 is 10.9 Å². The van der Waals surface area contributed by atoms with E-state index in [4.69, 9.17) is 17.4 Å². The molecule has 6 heteroatoms. The molecule has 16 heavy (non-hydrogen) atoms. The fraction of sp³-hybridized carbons (Fsp3) is 0.100. The van der Waals surface area contributed by atoms with Gasteiger partial charge in [0, 0.05) is 0 Å². The van der Waals surface area contributed by atoms with Gasteiger partial charge in [-0.15, -0.1) is 11.6 Å². The Kier molecular flexibility index (Phi) is 2.87. The van der Waals surface area contributed by atoms with Crippen LogP contribution in [0.1, 0.15) is 0 Å². The summed E-state index contributed by atoms with van der Waals surface area (Å²) in [4.78, 5) is 11.8. The summed E-state index contributed by atoms with van der Waals surface area (Å²) in [5.74, 6) is 4.72. The van der Waals surface area contributed by atoms with Crippen LogP contribution in [0.3, 0.4) is 0 Å². The fourth-order valence-corrected chi connectivity index (χ4v) is 1.54. The number of carbonyl (C=O) groups is 1. The van der Waals surface area contributed by atoms with Gasteiger partial charge in [-0.1, -0.05) is 18.2 Å². The number of rotatable bonds is 1. The minimum atomic E-state index is -0.886. The largest absolute Gasteiger partial charge is 0.323 e. The first kappa shape index (κ1) is 10.6. The van der Waals surface area contributed by atoms with Crippen molar-refractivity contribution in [3.8, 4) is 0 Å². The Morgan fingerprint density at radius 2 is 2.06 bits per heavy atom. The Hall–Kier alpha value is -1.88. The molecule has 1 aliphatic heterocycles. The second-order valence-electron chi connectivity index (χ2n) is 3.15. The number of nitrogens with two attached hydrogens (primary N) is 1. The van der Waals surface area contributed by atoms with Gasteiger partial charge in [-0.05, 0) is 12.1 Å². The number of carbonyl (C=O) groups excluding carboxylic acids is 1. The zero-order valence-corrected chi connectivity index (χ0v) is 9.00. The average molecular weight is 237 g/mol. The van der Waals surface area contributed by atoms with E-state index in [0.29, 0.717) is 5.69 Å². The molecule has 0 saturated heterocycles. The van der Waals surface area contributed by atoms with Crippen molar-refractivity contribution in [2.24, 2.45) is 16.0 Å². The molecule has 2 rings (SSSR count). The second kappa shape index (κ2) is 4.32. The van der Waals surface area contributed by atoms with Crippen molar-refractivity contribution < 1.29 is 4.79 Å². The maximum atomic E-state index is 11.8. The van der Waals surface area contributed by atoms with Crippen LogP contribution in [-0.4, -0.2) is 23.2 Å². The summed E-state index contributed by atoms with van der Waals surface area (Å²) in [6.07, 6.45) is 1.38. The maximum Gasteiger partial charge on any atom is 0.271 e. The van der Waals surface area contributed by atoms with E-state index in [-0.39, 0.29) is 11.6 Å². The van der Waals surface area contributed by atoms with Crippen LogP contribution in [0.4, 0.5) is 5.69 Å². The standard InChI is InChI=1S/C10H9ClN4O/c11-9-8(14-12)6-13-15(10(9)16)7-4-2-1-3-5-7/h1-6,9H,12H2/b14-8+. The SMILES string of the molecule is N/N=C1\C=NN(c2ccccc2)C(=O)C1Cl. The van der Waals surface area contributed by atoms with Gasteiger partial charge in [0.1, 0.15) is 5.71 Å². The molecule has 1 aromatic rings. The molecule has 1 aromatic carbocycles. The molecule has 0 aromatic heterocycles. The fourth-order valence-electron chi connectivity index (χ4n) is 1.33. The van der Waals surface area contributed by atoms with Gasteiger partial charge >= 0.3 is 0 Å². The molecule has 1 aliphatic rings. The third-order valence-electron chi connectivity index (χ3n) is 2.14. The molecule has 0 aliphatic carbocycles. The predicted octanol–water partition coefficient (Wildman–Crippen LogP) is 0.941. The van der Waals surface area contributed by atoms with Gasteiger partial charge in [-0.25, -0.2) is 0 Å². The zero-order valence-electron chi connectivity index (χ0n) is 8.25. The highest BCUT2D eigenvalue weighted by Gasteiger charge is 2.30. The van der Waals surface area contributed by atoms with E-state index in [1.54, 1.807) is 12.1 Å². The number of halogens is 1. The van der Waals surface area contributed by atoms with Gasteiger partial charge < -0.3 is 5.84 Å². The third kappa shape index (κ3) is 1.77. The maximum absolute atomic E-state index is 11.8. The van der Waals surface area contributed by atoms with Gasteiger partial charge in [0.15, 0.2) is 5.38 Å². The lowest BCUT2D eigenvalue weighted by Gasteiger charge is -2.23. The molecule has 82 valence electrons. The lowest BCUT2D eigenvalue weighted by Crippen LogP contribution is -2.42. The minimum Gasteiger partial charge on any atom is -0.323 e. The van der Waals surface area contributed by atoms with Crippen LogP contribution in [0.25, 0.3) is 0 Å². The van der Waals surface area contributed by atoms with Crippen LogP contribution in [0.2, 0.25) is 0 Å². The smallest absolute Gasteiger partial charge is 0.271 e. The van der Waals surface area contributed by atoms with Gasteiger partial charge in [0.2, 0.25) is 0 Å². The molecular weight excluding hydrogens is 228 g/mol. The summed E-state index contributed by atoms with van der Waals surface area (Å²) < 4.78 is 0. The Bertz CT molecular complexity index is 457. The molecule has 0 spiro atoms. The first-order valence-corrected chi connectivity index (χ1v) is 5.02. The molecule has 1 heterocycles. The van der Waals surface area contributed by atoms with Gasteiger partial charge in [0.25, 0.3) is 5.91 Å². The number of hydrazone groups is 2. The first-order valence-electron chi connectivity index (χ1n) is 4.59. The lowest BCUT2D eigenvalue weighted by atomic mass is 10.2. The van der Waals surface area contributed by atoms with Crippen molar-refractivity contribution in [1.82, 2.24) is 0 Å². The summed E-state index contributed by atoms with van der Waals surface area (Å²) in [6, 6.07) is 9.02. The van der Waals surface area contributed by atoms with Gasteiger partial charge in [0.05, 0.1) is 11.9 Å². The van der Waals surface area contributed by atoms with Crippen LogP contribution in [0.15, 0.2) is 40.5 Å². The minimum absolute atomic E-state index is 0.263. The van der Waals surface area contributed by atoms with Crippen LogP contribution in [-0.2, 0) is 4.79 Å². The number of anilines is 1. The molecule has 2 N–H and O–H groups in total. The first-order chi connectivity index (χ1) is 7.74. The van der Waals surface area contributed by atoms with Crippen molar-refractivity contribution in [3.05, 3.63) is 30.3 Å². The van der Waals surface area contributed by atoms with Crippen molar-refractivity contribution in [2.75, 3.05) is 5.01 Å². The molecule has 0 fully saturated rings. The lowest BCUT2D eigenvalue weighted by molar-refractivity contribution is -0.117. The number of amides is 1. The normalized spacial score (nSPS) is 22.8. The monoisotopic (exact) mass is 236 g/mol. The van der Waals surface area contributed by atoms with E-state index in [2.05, 4.69) is 10.2 Å². The van der Waals surface area contributed by atoms with E-state index < -0.39 is 5.38 Å². The van der Waals surface area contributed by atoms with E-state index >= 15 is 0 Å². The van der Waals surface area contributed by atoms with E-state index in [1.165, 1.54) is 11.2 Å². The molecule has 1 atom stereocenters. The average Bonchev–Trinajstić information content (AvgIpc) is 2.34. The van der Waals surface area contributed by atoms with Crippen LogP contribution >= 0.6 is 11.6 Å². The molecular formula is C10H9ClN4O. The van der Waals surface area contributed by atoms with Crippen molar-refractivity contribution in [1.29, 1.82) is 0 Å². The highest BCUT2D eigenvalue weighted by molar-refractivity contribution is 6.56. The van der Waals surface area contributed by atoms with Crippen molar-refractivity contribution >= 4 is 35.1 Å². The van der Waals surface area contributed by atoms with Crippen molar-refractivity contribution in [2.45, 2.75) is 5.38 Å². The summed E-state index contributed by atoms with van der Waals surface area (Å²) in [6.45, 7) is 0. The van der Waals surface area contributed by atoms with Crippen LogP contribution in [0, 0.1) is 0 Å². The van der Waals surface area contributed by atoms with Crippen LogP contribution in [0.5, 0.6) is 0 Å². The highest BCUT2D eigenvalue weighted by Crippen LogP contribution is 2.19. The Balaban J connectivity index is 2.36. The number of alkyl halides is 1. The van der Waals surface area contributed by atoms with E-state index in [1.807, 2.05) is 18.2 Å². The van der Waals surface area contributed by atoms with Gasteiger partial charge in [-0.2, -0.15) is 15.2 Å². The number of hydrogen-bond donors (Lipinski definition) is 1. The number of nitrogens with zero attached hydrogens (tertiary/aromatic N) is 3. The highest BCUT2D eigenvalue weighted by atomic mass is 35.5. The number of benzene rings is 1. The van der Waals surface area contributed by atoms with Crippen molar-refractivity contribution in [3.63, 3.8) is 0 Å². The quantitative estimate of drug-likeness (QED) is 0.448. The summed E-state index contributed by atoms with van der Waals surface area (Å²) in [5, 5.41) is 7.68. The molecule has 1 unspecified atom stereocenters. The topological polar surface area (TPSA) is 71.0 Å². The second-order valence-corrected chi connectivity index (χ2v) is 3.58. The molecule has 1 amide bonds. The predicted molar refractivity (Wildman–Crippen MR) is 63.7 cm³/mol. The van der Waals surface area contributed by atoms with Gasteiger partial charge in [-0.3, -0.25) is 4.79 Å². The summed E-state index contributed by atoms with van der Waals surface area (Å²) >= 11 is 5.88. The molecule has 5 nitrogen and oxygen atoms in total. The number of para-hydroxylation sites is 1. The molecule has 0 saturated carbocycles. The molecule has 0 bridgehead atoms. The Labute approximate surface area is 97.2 Å². The number of hydrogen-bond acceptors (Lipinski definition) is 4. The molecule has 0 radical (unpaired) electrons. The third-order valence-corrected chi connectivity index (χ3v) is 2.55. The van der Waals surface area contributed by atoms with E-state index in [9.17, 15) is 4.79 Å². The summed E-state index contributed by atoms with van der Waals surface area (Å²) in [7, 11) is 0. The zero-order chi connectivity index (χ0) is 11.5. The Morgan fingerprint density at radius 3 is 2.69 bits per heavy atom. The van der Waals surface area contributed by atoms with E-state index in [0.717, 1.165) is 0 Å².